The van der Waals surface area contributed by atoms with Crippen molar-refractivity contribution in [3.63, 3.8) is 0 Å². The minimum atomic E-state index is 0.714. The predicted molar refractivity (Wildman–Crippen MR) is 95.7 cm³/mol. The van der Waals surface area contributed by atoms with Crippen LogP contribution in [0, 0.1) is 29.6 Å². The molecule has 3 aliphatic rings. The zero-order valence-corrected chi connectivity index (χ0v) is 15.0. The van der Waals surface area contributed by atoms with Crippen molar-refractivity contribution in [1.82, 2.24) is 0 Å². The summed E-state index contributed by atoms with van der Waals surface area (Å²) >= 11 is 0. The number of hydrogen-bond donors (Lipinski definition) is 0. The van der Waals surface area contributed by atoms with Gasteiger partial charge in [-0.3, -0.25) is 0 Å². The summed E-state index contributed by atoms with van der Waals surface area (Å²) in [5.41, 5.74) is 5.80. The van der Waals surface area contributed by atoms with Gasteiger partial charge in [0.1, 0.15) is 7.05 Å². The zero-order valence-electron chi connectivity index (χ0n) is 15.0. The topological polar surface area (TPSA) is 3.88 Å². The summed E-state index contributed by atoms with van der Waals surface area (Å²) in [5.74, 6) is 4.28. The van der Waals surface area contributed by atoms with Crippen molar-refractivity contribution in [2.75, 3.05) is 0 Å². The van der Waals surface area contributed by atoms with Crippen LogP contribution in [0.4, 0.5) is 0 Å². The number of pyridine rings is 1. The molecule has 0 spiro atoms. The van der Waals surface area contributed by atoms with Gasteiger partial charge < -0.3 is 0 Å². The van der Waals surface area contributed by atoms with Gasteiger partial charge in [0.25, 0.3) is 0 Å². The summed E-state index contributed by atoms with van der Waals surface area (Å²) in [7, 11) is 2.21. The highest BCUT2D eigenvalue weighted by molar-refractivity contribution is 5.76. The van der Waals surface area contributed by atoms with Crippen LogP contribution in [0.25, 0.3) is 5.57 Å². The number of aromatic nitrogens is 1. The molecule has 2 saturated carbocycles. The molecule has 3 aliphatic carbocycles. The molecular weight excluding hydrogens is 278 g/mol. The fraction of sp³-hybridized carbons (Fsp3) is 0.591. The normalized spacial score (nSPS) is 32.0. The van der Waals surface area contributed by atoms with Crippen molar-refractivity contribution in [2.45, 2.75) is 46.5 Å². The Kier molecular flexibility index (Phi) is 3.70. The second-order valence-electron chi connectivity index (χ2n) is 8.55. The van der Waals surface area contributed by atoms with E-state index < -0.39 is 0 Å². The molecule has 4 atom stereocenters. The number of rotatable bonds is 3. The molecule has 1 nitrogen and oxygen atoms in total. The Morgan fingerprint density at radius 1 is 1.09 bits per heavy atom. The van der Waals surface area contributed by atoms with E-state index in [1.54, 1.807) is 0 Å². The van der Waals surface area contributed by atoms with E-state index in [0.29, 0.717) is 5.92 Å². The van der Waals surface area contributed by atoms with Gasteiger partial charge >= 0.3 is 0 Å². The molecule has 0 aromatic carbocycles. The summed E-state index contributed by atoms with van der Waals surface area (Å²) in [6, 6.07) is 4.67. The SMILES string of the molecule is CC1=CC2C3CCC(C3)C2C=C1c1ccc(CC(C)C)c[n+]1C. The first-order valence-corrected chi connectivity index (χ1v) is 9.42. The minimum Gasteiger partial charge on any atom is -0.201 e. The largest absolute Gasteiger partial charge is 0.212 e. The Balaban J connectivity index is 1.66. The summed E-state index contributed by atoms with van der Waals surface area (Å²) in [6.07, 6.45) is 13.1. The van der Waals surface area contributed by atoms with Gasteiger partial charge in [-0.2, -0.15) is 0 Å². The molecule has 1 heteroatoms. The van der Waals surface area contributed by atoms with Crippen LogP contribution < -0.4 is 4.57 Å². The average Bonchev–Trinajstić information content (AvgIpc) is 3.08. The summed E-state index contributed by atoms with van der Waals surface area (Å²) in [5, 5.41) is 0. The van der Waals surface area contributed by atoms with Crippen LogP contribution in [0.3, 0.4) is 0 Å². The van der Waals surface area contributed by atoms with Crippen molar-refractivity contribution < 1.29 is 4.57 Å². The van der Waals surface area contributed by atoms with Crippen LogP contribution in [0.1, 0.15) is 51.3 Å². The van der Waals surface area contributed by atoms with Crippen molar-refractivity contribution in [3.8, 4) is 0 Å². The zero-order chi connectivity index (χ0) is 16.1. The number of fused-ring (bicyclic) bond motifs is 5. The van der Waals surface area contributed by atoms with Crippen LogP contribution in [0.15, 0.2) is 36.1 Å². The minimum absolute atomic E-state index is 0.714. The first-order chi connectivity index (χ1) is 11.0. The van der Waals surface area contributed by atoms with E-state index in [-0.39, 0.29) is 0 Å². The van der Waals surface area contributed by atoms with Crippen LogP contribution >= 0.6 is 0 Å². The summed E-state index contributed by atoms with van der Waals surface area (Å²) < 4.78 is 2.34. The molecule has 0 aliphatic heterocycles. The van der Waals surface area contributed by atoms with E-state index in [0.717, 1.165) is 30.1 Å². The van der Waals surface area contributed by atoms with Gasteiger partial charge in [0.2, 0.25) is 5.69 Å². The van der Waals surface area contributed by atoms with Gasteiger partial charge in [0.05, 0.1) is 0 Å². The average molecular weight is 308 g/mol. The maximum Gasteiger partial charge on any atom is 0.212 e. The quantitative estimate of drug-likeness (QED) is 0.712. The molecule has 0 radical (unpaired) electrons. The molecule has 23 heavy (non-hydrogen) atoms. The van der Waals surface area contributed by atoms with E-state index in [4.69, 9.17) is 0 Å². The smallest absolute Gasteiger partial charge is 0.201 e. The highest BCUT2D eigenvalue weighted by Crippen LogP contribution is 2.56. The van der Waals surface area contributed by atoms with E-state index in [2.05, 4.69) is 62.9 Å². The van der Waals surface area contributed by atoms with Gasteiger partial charge in [0, 0.05) is 17.2 Å². The first-order valence-electron chi connectivity index (χ1n) is 9.42. The molecule has 2 bridgehead atoms. The Morgan fingerprint density at radius 3 is 2.43 bits per heavy atom. The second kappa shape index (κ2) is 5.61. The second-order valence-corrected chi connectivity index (χ2v) is 8.55. The third-order valence-electron chi connectivity index (χ3n) is 6.39. The number of nitrogens with zero attached hydrogens (tertiary/aromatic N) is 1. The molecule has 1 aromatic heterocycles. The van der Waals surface area contributed by atoms with Crippen LogP contribution in [-0.4, -0.2) is 0 Å². The fourth-order valence-electron chi connectivity index (χ4n) is 5.40. The first kappa shape index (κ1) is 15.2. The van der Waals surface area contributed by atoms with E-state index in [9.17, 15) is 0 Å². The maximum absolute atomic E-state index is 2.63. The lowest BCUT2D eigenvalue weighted by atomic mass is 9.73. The molecule has 4 rings (SSSR count). The maximum atomic E-state index is 2.63. The lowest BCUT2D eigenvalue weighted by Crippen LogP contribution is -2.34. The predicted octanol–water partition coefficient (Wildman–Crippen LogP) is 4.72. The number of allylic oxidation sites excluding steroid dienone is 4. The Hall–Kier alpha value is -1.37. The molecule has 2 fully saturated rings. The lowest BCUT2D eigenvalue weighted by molar-refractivity contribution is -0.674. The third kappa shape index (κ3) is 2.58. The molecule has 122 valence electrons. The van der Waals surface area contributed by atoms with Gasteiger partial charge in [-0.05, 0) is 73.8 Å². The molecule has 0 N–H and O–H groups in total. The Labute approximate surface area is 141 Å². The highest BCUT2D eigenvalue weighted by atomic mass is 14.9. The van der Waals surface area contributed by atoms with Crippen LogP contribution in [-0.2, 0) is 13.5 Å². The molecule has 0 saturated heterocycles. The van der Waals surface area contributed by atoms with Crippen molar-refractivity contribution in [3.05, 3.63) is 47.3 Å². The number of aryl methyl sites for hydroxylation is 1. The van der Waals surface area contributed by atoms with E-state index >= 15 is 0 Å². The molecule has 1 heterocycles. The molecule has 4 unspecified atom stereocenters. The van der Waals surface area contributed by atoms with Gasteiger partial charge in [-0.25, -0.2) is 4.57 Å². The highest BCUT2D eigenvalue weighted by Gasteiger charge is 2.47. The van der Waals surface area contributed by atoms with Crippen molar-refractivity contribution in [1.29, 1.82) is 0 Å². The van der Waals surface area contributed by atoms with Crippen LogP contribution in [0.2, 0.25) is 0 Å². The fourth-order valence-corrected chi connectivity index (χ4v) is 5.40. The molecule has 0 amide bonds. The van der Waals surface area contributed by atoms with Crippen molar-refractivity contribution >= 4 is 5.57 Å². The van der Waals surface area contributed by atoms with Crippen LogP contribution in [0.5, 0.6) is 0 Å². The van der Waals surface area contributed by atoms with E-state index in [1.165, 1.54) is 41.7 Å². The standard InChI is InChI=1S/C22H30N/c1-14(2)9-16-5-8-22(23(4)13-16)19-12-21-18-7-6-17(11-18)20(21)10-15(19)3/h5,8,10,12-14,17-18,20-21H,6-7,9,11H2,1-4H3/q+1. The monoisotopic (exact) mass is 308 g/mol. The van der Waals surface area contributed by atoms with Crippen molar-refractivity contribution in [2.24, 2.45) is 36.6 Å². The summed E-state index contributed by atoms with van der Waals surface area (Å²) in [6.45, 7) is 6.90. The van der Waals surface area contributed by atoms with Gasteiger partial charge in [-0.1, -0.05) is 26.0 Å². The van der Waals surface area contributed by atoms with Gasteiger partial charge in [-0.15, -0.1) is 0 Å². The Bertz CT molecular complexity index is 679. The lowest BCUT2D eigenvalue weighted by Gasteiger charge is -2.31. The summed E-state index contributed by atoms with van der Waals surface area (Å²) in [4.78, 5) is 0. The molecule has 1 aromatic rings. The van der Waals surface area contributed by atoms with Gasteiger partial charge in [0.15, 0.2) is 6.20 Å². The van der Waals surface area contributed by atoms with E-state index in [1.807, 2.05) is 0 Å². The Morgan fingerprint density at radius 2 is 1.78 bits per heavy atom. The number of hydrogen-bond acceptors (Lipinski definition) is 0. The third-order valence-corrected chi connectivity index (χ3v) is 6.39. The molecular formula is C22H30N+.